The molecule has 0 N–H and O–H groups in total. The highest BCUT2D eigenvalue weighted by Crippen LogP contribution is 2.17. The van der Waals surface area contributed by atoms with Gasteiger partial charge in [0.15, 0.2) is 12.4 Å². The zero-order valence-corrected chi connectivity index (χ0v) is 16.1. The third-order valence-electron chi connectivity index (χ3n) is 4.95. The third-order valence-corrected chi connectivity index (χ3v) is 4.95. The van der Waals surface area contributed by atoms with Crippen molar-refractivity contribution in [3.05, 3.63) is 30.3 Å². The Morgan fingerprint density at radius 3 is 1.96 bits per heavy atom. The van der Waals surface area contributed by atoms with E-state index in [0.717, 1.165) is 13.2 Å². The first kappa shape index (κ1) is 19.7. The molecule has 0 bridgehead atoms. The van der Waals surface area contributed by atoms with Gasteiger partial charge in [-0.3, -0.25) is 0 Å². The average Bonchev–Trinajstić information content (AvgIpc) is 3.12. The topological polar surface area (TPSA) is 18.8 Å². The van der Waals surface area contributed by atoms with Crippen LogP contribution in [0.25, 0.3) is 0 Å². The summed E-state index contributed by atoms with van der Waals surface area (Å²) in [6.07, 6.45) is 19.8. The SMILES string of the molecule is CCCCCCCCCCCCCCN1CN(c2ccccc2)[C+]=N1. The minimum absolute atomic E-state index is 0.835. The Hall–Kier alpha value is -1.60. The molecule has 0 aromatic heterocycles. The minimum atomic E-state index is 0.835. The van der Waals surface area contributed by atoms with Crippen molar-refractivity contribution in [1.82, 2.24) is 5.01 Å². The van der Waals surface area contributed by atoms with E-state index in [1.807, 2.05) is 6.07 Å². The summed E-state index contributed by atoms with van der Waals surface area (Å²) >= 11 is 0. The summed E-state index contributed by atoms with van der Waals surface area (Å²) in [6, 6.07) is 10.4. The predicted octanol–water partition coefficient (Wildman–Crippen LogP) is 6.29. The first-order valence-electron chi connectivity index (χ1n) is 10.4. The number of hydrogen-bond acceptors (Lipinski definition) is 3. The number of unbranched alkanes of at least 4 members (excludes halogenated alkanes) is 11. The predicted molar refractivity (Wildman–Crippen MR) is 109 cm³/mol. The largest absolute Gasteiger partial charge is 0.343 e. The average molecular weight is 343 g/mol. The fourth-order valence-electron chi connectivity index (χ4n) is 3.35. The molecule has 1 aliphatic rings. The lowest BCUT2D eigenvalue weighted by Crippen LogP contribution is -2.26. The molecule has 1 aliphatic heterocycles. The molecule has 0 fully saturated rings. The molecule has 0 atom stereocenters. The maximum atomic E-state index is 4.39. The van der Waals surface area contributed by atoms with Gasteiger partial charge in [-0.2, -0.15) is 0 Å². The number of anilines is 1. The Kier molecular flexibility index (Phi) is 10.0. The van der Waals surface area contributed by atoms with E-state index in [9.17, 15) is 0 Å². The van der Waals surface area contributed by atoms with Crippen LogP contribution in [0.3, 0.4) is 0 Å². The van der Waals surface area contributed by atoms with Gasteiger partial charge >= 0.3 is 6.34 Å². The number of hydrogen-bond donors (Lipinski definition) is 0. The molecule has 0 unspecified atom stereocenters. The molecule has 0 amide bonds. The van der Waals surface area contributed by atoms with Gasteiger partial charge in [-0.1, -0.05) is 83.6 Å². The second-order valence-electron chi connectivity index (χ2n) is 7.22. The summed E-state index contributed by atoms with van der Waals surface area (Å²) in [4.78, 5) is 2.08. The summed E-state index contributed by atoms with van der Waals surface area (Å²) < 4.78 is 0. The van der Waals surface area contributed by atoms with E-state index in [4.69, 9.17) is 0 Å². The Morgan fingerprint density at radius 2 is 1.36 bits per heavy atom. The van der Waals surface area contributed by atoms with Crippen LogP contribution in [0.1, 0.15) is 84.0 Å². The lowest BCUT2D eigenvalue weighted by atomic mass is 10.1. The quantitative estimate of drug-likeness (QED) is 0.292. The van der Waals surface area contributed by atoms with E-state index in [-0.39, 0.29) is 0 Å². The molecule has 138 valence electrons. The smallest absolute Gasteiger partial charge is 0.243 e. The van der Waals surface area contributed by atoms with Gasteiger partial charge in [0.25, 0.3) is 0 Å². The van der Waals surface area contributed by atoms with E-state index >= 15 is 0 Å². The van der Waals surface area contributed by atoms with E-state index in [1.54, 1.807) is 0 Å². The highest BCUT2D eigenvalue weighted by atomic mass is 15.6. The van der Waals surface area contributed by atoms with Crippen LogP contribution in [0.15, 0.2) is 35.4 Å². The first-order chi connectivity index (χ1) is 12.4. The Labute approximate surface area is 155 Å². The van der Waals surface area contributed by atoms with Gasteiger partial charge < -0.3 is 0 Å². The Morgan fingerprint density at radius 1 is 0.800 bits per heavy atom. The molecule has 0 spiro atoms. The van der Waals surface area contributed by atoms with E-state index in [2.05, 4.69) is 52.5 Å². The zero-order valence-electron chi connectivity index (χ0n) is 16.1. The molecule has 1 aromatic carbocycles. The summed E-state index contributed by atoms with van der Waals surface area (Å²) in [6.45, 7) is 4.17. The van der Waals surface area contributed by atoms with Crippen LogP contribution >= 0.6 is 0 Å². The molecular weight excluding hydrogens is 306 g/mol. The summed E-state index contributed by atoms with van der Waals surface area (Å²) in [5.74, 6) is 0. The Bertz CT molecular complexity index is 458. The molecule has 0 aliphatic carbocycles. The maximum Gasteiger partial charge on any atom is 0.343 e. The Balaban J connectivity index is 1.39. The van der Waals surface area contributed by atoms with Crippen molar-refractivity contribution < 1.29 is 0 Å². The summed E-state index contributed by atoms with van der Waals surface area (Å²) in [5, 5.41) is 6.52. The molecule has 3 nitrogen and oxygen atoms in total. The highest BCUT2D eigenvalue weighted by molar-refractivity contribution is 5.80. The summed E-state index contributed by atoms with van der Waals surface area (Å²) in [7, 11) is 0. The highest BCUT2D eigenvalue weighted by Gasteiger charge is 2.25. The van der Waals surface area contributed by atoms with Crippen molar-refractivity contribution in [2.75, 3.05) is 18.1 Å². The monoisotopic (exact) mass is 342 g/mol. The van der Waals surface area contributed by atoms with Gasteiger partial charge in [0.2, 0.25) is 0 Å². The maximum absolute atomic E-state index is 4.39. The molecule has 25 heavy (non-hydrogen) atoms. The number of nitrogens with zero attached hydrogens (tertiary/aromatic N) is 3. The second-order valence-corrected chi connectivity index (χ2v) is 7.22. The van der Waals surface area contributed by atoms with Gasteiger partial charge in [-0.25, -0.2) is 5.01 Å². The van der Waals surface area contributed by atoms with Crippen molar-refractivity contribution >= 4 is 12.0 Å². The van der Waals surface area contributed by atoms with E-state index < -0.39 is 0 Å². The fraction of sp³-hybridized carbons (Fsp3) is 0.682. The molecule has 0 radical (unpaired) electrons. The van der Waals surface area contributed by atoms with Crippen molar-refractivity contribution in [3.63, 3.8) is 0 Å². The molecule has 2 rings (SSSR count). The molecule has 0 saturated heterocycles. The van der Waals surface area contributed by atoms with Crippen LogP contribution in [0.5, 0.6) is 0 Å². The van der Waals surface area contributed by atoms with Crippen molar-refractivity contribution in [2.45, 2.75) is 84.0 Å². The van der Waals surface area contributed by atoms with E-state index in [0.29, 0.717) is 0 Å². The lowest BCUT2D eigenvalue weighted by molar-refractivity contribution is 0.308. The molecular formula is C22H36N3+. The van der Waals surface area contributed by atoms with Crippen molar-refractivity contribution in [3.8, 4) is 0 Å². The van der Waals surface area contributed by atoms with Crippen LogP contribution in [0.4, 0.5) is 5.69 Å². The van der Waals surface area contributed by atoms with Crippen LogP contribution < -0.4 is 4.90 Å². The van der Waals surface area contributed by atoms with Crippen LogP contribution in [0.2, 0.25) is 0 Å². The van der Waals surface area contributed by atoms with Crippen LogP contribution in [0, 0.1) is 0 Å². The van der Waals surface area contributed by atoms with Crippen LogP contribution in [-0.4, -0.2) is 24.6 Å². The molecule has 0 saturated carbocycles. The number of benzene rings is 1. The van der Waals surface area contributed by atoms with Crippen molar-refractivity contribution in [2.24, 2.45) is 5.10 Å². The molecule has 1 aromatic rings. The van der Waals surface area contributed by atoms with Crippen molar-refractivity contribution in [1.29, 1.82) is 0 Å². The van der Waals surface area contributed by atoms with E-state index in [1.165, 1.54) is 82.7 Å². The third kappa shape index (κ3) is 8.36. The number of hydrazone groups is 1. The number of rotatable bonds is 14. The standard InChI is InChI=1S/C22H36N3/c1-2-3-4-5-6-7-8-9-10-11-12-16-19-25-21-24(20-23-25)22-17-14-13-15-18-22/h13-15,17-18H,2-12,16,19,21H2,1H3/q+1. The minimum Gasteiger partial charge on any atom is -0.243 e. The van der Waals surface area contributed by atoms with Gasteiger partial charge in [0.05, 0.1) is 0 Å². The zero-order chi connectivity index (χ0) is 17.6. The normalized spacial score (nSPS) is 13.5. The first-order valence-corrected chi connectivity index (χ1v) is 10.4. The lowest BCUT2D eigenvalue weighted by Gasteiger charge is -2.11. The van der Waals surface area contributed by atoms with Crippen LogP contribution in [-0.2, 0) is 0 Å². The van der Waals surface area contributed by atoms with Gasteiger partial charge in [0.1, 0.15) is 0 Å². The summed E-state index contributed by atoms with van der Waals surface area (Å²) in [5.41, 5.74) is 1.17. The van der Waals surface area contributed by atoms with Gasteiger partial charge in [-0.05, 0) is 18.6 Å². The second kappa shape index (κ2) is 12.7. The number of para-hydroxylation sites is 1. The molecule has 3 heteroatoms. The fourth-order valence-corrected chi connectivity index (χ4v) is 3.35. The molecule has 1 heterocycles. The van der Waals surface area contributed by atoms with Gasteiger partial charge in [-0.15, -0.1) is 4.90 Å². The van der Waals surface area contributed by atoms with Gasteiger partial charge in [0, 0.05) is 23.8 Å².